The predicted molar refractivity (Wildman–Crippen MR) is 83.2 cm³/mol. The molecule has 0 bridgehead atoms. The number of hydrogen-bond donors (Lipinski definition) is 1. The van der Waals surface area contributed by atoms with E-state index >= 15 is 0 Å². The Kier molecular flexibility index (Phi) is 4.74. The van der Waals surface area contributed by atoms with Crippen molar-refractivity contribution in [1.29, 1.82) is 0 Å². The number of rotatable bonds is 4. The molecule has 0 aromatic heterocycles. The first-order valence-corrected chi connectivity index (χ1v) is 6.44. The quantitative estimate of drug-likeness (QED) is 0.692. The molecular formula is C15H14ClN3O. The highest BCUT2D eigenvalue weighted by atomic mass is 35.5. The van der Waals surface area contributed by atoms with Gasteiger partial charge < -0.3 is 5.32 Å². The molecule has 1 N–H and O–H groups in total. The number of hydrazone groups is 1. The SMILES string of the molecule is CN(/N=C(\Cl)C(=O)Nc1ccccc1)c1ccccc1. The number of para-hydroxylation sites is 2. The van der Waals surface area contributed by atoms with E-state index in [1.807, 2.05) is 48.5 Å². The zero-order chi connectivity index (χ0) is 14.4. The van der Waals surface area contributed by atoms with Crippen LogP contribution in [0.5, 0.6) is 0 Å². The van der Waals surface area contributed by atoms with Crippen molar-refractivity contribution in [2.75, 3.05) is 17.4 Å². The van der Waals surface area contributed by atoms with Crippen molar-refractivity contribution in [3.63, 3.8) is 0 Å². The van der Waals surface area contributed by atoms with E-state index < -0.39 is 5.91 Å². The maximum absolute atomic E-state index is 11.9. The van der Waals surface area contributed by atoms with Crippen LogP contribution in [0.15, 0.2) is 65.8 Å². The first-order chi connectivity index (χ1) is 9.66. The number of hydrogen-bond acceptors (Lipinski definition) is 3. The van der Waals surface area contributed by atoms with Crippen molar-refractivity contribution in [3.05, 3.63) is 60.7 Å². The molecule has 0 radical (unpaired) electrons. The van der Waals surface area contributed by atoms with E-state index in [1.54, 1.807) is 24.2 Å². The van der Waals surface area contributed by atoms with Gasteiger partial charge in [-0.05, 0) is 24.3 Å². The minimum atomic E-state index is -0.444. The average molecular weight is 288 g/mol. The normalized spacial score (nSPS) is 11.0. The molecule has 0 heterocycles. The van der Waals surface area contributed by atoms with E-state index in [4.69, 9.17) is 11.6 Å². The van der Waals surface area contributed by atoms with Crippen LogP contribution in [0.25, 0.3) is 0 Å². The molecule has 0 saturated carbocycles. The van der Waals surface area contributed by atoms with Crippen LogP contribution in [0.1, 0.15) is 0 Å². The highest BCUT2D eigenvalue weighted by Crippen LogP contribution is 2.12. The second-order valence-corrected chi connectivity index (χ2v) is 4.43. The van der Waals surface area contributed by atoms with Crippen LogP contribution >= 0.6 is 11.6 Å². The van der Waals surface area contributed by atoms with Crippen molar-refractivity contribution >= 4 is 34.1 Å². The molecule has 102 valence electrons. The number of nitrogens with one attached hydrogen (secondary N) is 1. The minimum Gasteiger partial charge on any atom is -0.320 e. The van der Waals surface area contributed by atoms with Crippen LogP contribution in [0, 0.1) is 0 Å². The monoisotopic (exact) mass is 287 g/mol. The van der Waals surface area contributed by atoms with Crippen LogP contribution in [0.2, 0.25) is 0 Å². The zero-order valence-corrected chi connectivity index (χ0v) is 11.7. The molecule has 4 nitrogen and oxygen atoms in total. The third-order valence-corrected chi connectivity index (χ3v) is 2.83. The molecule has 0 spiro atoms. The molecule has 2 rings (SSSR count). The molecule has 2 aromatic carbocycles. The smallest absolute Gasteiger partial charge is 0.287 e. The Morgan fingerprint density at radius 1 is 1.05 bits per heavy atom. The van der Waals surface area contributed by atoms with Crippen LogP contribution in [-0.2, 0) is 4.79 Å². The minimum absolute atomic E-state index is 0.125. The van der Waals surface area contributed by atoms with Crippen LogP contribution < -0.4 is 10.3 Å². The van der Waals surface area contributed by atoms with E-state index in [0.717, 1.165) is 5.69 Å². The Morgan fingerprint density at radius 3 is 2.20 bits per heavy atom. The summed E-state index contributed by atoms with van der Waals surface area (Å²) < 4.78 is 0. The van der Waals surface area contributed by atoms with Gasteiger partial charge in [-0.15, -0.1) is 0 Å². The fraction of sp³-hybridized carbons (Fsp3) is 0.0667. The van der Waals surface area contributed by atoms with Crippen LogP contribution in [0.3, 0.4) is 0 Å². The van der Waals surface area contributed by atoms with E-state index in [-0.39, 0.29) is 5.17 Å². The molecular weight excluding hydrogens is 274 g/mol. The molecule has 1 amide bonds. The Bertz CT molecular complexity index is 599. The van der Waals surface area contributed by atoms with Gasteiger partial charge in [-0.3, -0.25) is 9.80 Å². The molecule has 0 aliphatic heterocycles. The Labute approximate surface area is 122 Å². The molecule has 2 aromatic rings. The van der Waals surface area contributed by atoms with Gasteiger partial charge in [-0.25, -0.2) is 0 Å². The summed E-state index contributed by atoms with van der Waals surface area (Å²) in [4.78, 5) is 11.9. The summed E-state index contributed by atoms with van der Waals surface area (Å²) in [7, 11) is 1.73. The zero-order valence-electron chi connectivity index (χ0n) is 11.0. The van der Waals surface area contributed by atoms with E-state index in [2.05, 4.69) is 10.4 Å². The predicted octanol–water partition coefficient (Wildman–Crippen LogP) is 3.31. The van der Waals surface area contributed by atoms with Crippen molar-refractivity contribution in [3.8, 4) is 0 Å². The fourth-order valence-corrected chi connectivity index (χ4v) is 1.74. The summed E-state index contributed by atoms with van der Waals surface area (Å²) >= 11 is 5.92. The van der Waals surface area contributed by atoms with E-state index in [1.165, 1.54) is 0 Å². The van der Waals surface area contributed by atoms with Gasteiger partial charge in [0.2, 0.25) is 5.17 Å². The van der Waals surface area contributed by atoms with E-state index in [9.17, 15) is 4.79 Å². The molecule has 0 aliphatic carbocycles. The van der Waals surface area contributed by atoms with Crippen molar-refractivity contribution < 1.29 is 4.79 Å². The maximum Gasteiger partial charge on any atom is 0.287 e. The van der Waals surface area contributed by atoms with Gasteiger partial charge in [0.1, 0.15) is 0 Å². The summed E-state index contributed by atoms with van der Waals surface area (Å²) in [5.74, 6) is -0.444. The number of carbonyl (C=O) groups is 1. The molecule has 0 fully saturated rings. The molecule has 0 atom stereocenters. The van der Waals surface area contributed by atoms with Gasteiger partial charge >= 0.3 is 0 Å². The first kappa shape index (κ1) is 14.1. The highest BCUT2D eigenvalue weighted by Gasteiger charge is 2.10. The summed E-state index contributed by atoms with van der Waals surface area (Å²) in [6.45, 7) is 0. The maximum atomic E-state index is 11.9. The lowest BCUT2D eigenvalue weighted by atomic mass is 10.3. The highest BCUT2D eigenvalue weighted by molar-refractivity contribution is 6.84. The number of carbonyl (C=O) groups excluding carboxylic acids is 1. The number of nitrogens with zero attached hydrogens (tertiary/aromatic N) is 2. The standard InChI is InChI=1S/C15H14ClN3O/c1-19(13-10-6-3-7-11-13)18-14(16)15(20)17-12-8-4-2-5-9-12/h2-11H,1H3,(H,17,20)/b18-14-. The fourth-order valence-electron chi connectivity index (χ4n) is 1.58. The average Bonchev–Trinajstić information content (AvgIpc) is 2.49. The van der Waals surface area contributed by atoms with Gasteiger partial charge in [-0.1, -0.05) is 48.0 Å². The number of benzene rings is 2. The van der Waals surface area contributed by atoms with Gasteiger partial charge in [0.05, 0.1) is 5.69 Å². The lowest BCUT2D eigenvalue weighted by Gasteiger charge is -2.13. The first-order valence-electron chi connectivity index (χ1n) is 6.06. The Morgan fingerprint density at radius 2 is 1.60 bits per heavy atom. The number of anilines is 2. The summed E-state index contributed by atoms with van der Waals surface area (Å²) in [6, 6.07) is 18.5. The molecule has 0 saturated heterocycles. The summed E-state index contributed by atoms with van der Waals surface area (Å²) in [6.07, 6.45) is 0. The number of amides is 1. The van der Waals surface area contributed by atoms with Crippen molar-refractivity contribution in [2.45, 2.75) is 0 Å². The summed E-state index contributed by atoms with van der Waals surface area (Å²) in [5.41, 5.74) is 1.52. The van der Waals surface area contributed by atoms with Crippen molar-refractivity contribution in [2.24, 2.45) is 5.10 Å². The van der Waals surface area contributed by atoms with Gasteiger partial charge in [0.15, 0.2) is 0 Å². The van der Waals surface area contributed by atoms with Gasteiger partial charge in [-0.2, -0.15) is 5.10 Å². The lowest BCUT2D eigenvalue weighted by molar-refractivity contribution is -0.110. The Hall–Kier alpha value is -2.33. The van der Waals surface area contributed by atoms with Gasteiger partial charge in [0.25, 0.3) is 5.91 Å². The van der Waals surface area contributed by atoms with Gasteiger partial charge in [0, 0.05) is 12.7 Å². The Balaban J connectivity index is 2.05. The van der Waals surface area contributed by atoms with E-state index in [0.29, 0.717) is 5.69 Å². The molecule has 20 heavy (non-hydrogen) atoms. The van der Waals surface area contributed by atoms with Crippen LogP contribution in [0.4, 0.5) is 11.4 Å². The second kappa shape index (κ2) is 6.73. The number of halogens is 1. The van der Waals surface area contributed by atoms with Crippen molar-refractivity contribution in [1.82, 2.24) is 0 Å². The third kappa shape index (κ3) is 3.83. The third-order valence-electron chi connectivity index (χ3n) is 2.59. The largest absolute Gasteiger partial charge is 0.320 e. The topological polar surface area (TPSA) is 44.7 Å². The molecule has 0 aliphatic rings. The lowest BCUT2D eigenvalue weighted by Crippen LogP contribution is -2.22. The summed E-state index contributed by atoms with van der Waals surface area (Å²) in [5, 5.41) is 8.14. The second-order valence-electron chi connectivity index (χ2n) is 4.07. The molecule has 0 unspecified atom stereocenters. The van der Waals surface area contributed by atoms with Crippen LogP contribution in [-0.4, -0.2) is 18.1 Å². The molecule has 5 heteroatoms.